The Labute approximate surface area is 212 Å². The molecule has 0 N–H and O–H groups in total. The Bertz CT molecular complexity index is 994. The maximum absolute atomic E-state index is 15.1. The van der Waals surface area contributed by atoms with E-state index < -0.39 is 6.09 Å². The number of halogens is 1. The van der Waals surface area contributed by atoms with Crippen molar-refractivity contribution in [2.75, 3.05) is 42.5 Å². The average Bonchev–Trinajstić information content (AvgIpc) is 3.53. The quantitative estimate of drug-likeness (QED) is 0.406. The van der Waals surface area contributed by atoms with Gasteiger partial charge in [-0.05, 0) is 24.6 Å². The molecule has 2 aliphatic rings. The van der Waals surface area contributed by atoms with Crippen LogP contribution in [0, 0.1) is 5.82 Å². The fraction of sp³-hybridized carbons (Fsp3) is 0.615. The highest BCUT2D eigenvalue weighted by Gasteiger charge is 2.33. The van der Waals surface area contributed by atoms with Gasteiger partial charge in [-0.2, -0.15) is 0 Å². The molecule has 0 aliphatic carbocycles. The van der Waals surface area contributed by atoms with Gasteiger partial charge in [0.1, 0.15) is 11.9 Å². The van der Waals surface area contributed by atoms with Gasteiger partial charge in [0.05, 0.1) is 30.7 Å². The van der Waals surface area contributed by atoms with E-state index in [2.05, 4.69) is 17.2 Å². The molecule has 10 heteroatoms. The van der Waals surface area contributed by atoms with Crippen LogP contribution in [0.15, 0.2) is 30.6 Å². The number of nitrogens with zero attached hydrogens (tertiary/aromatic N) is 6. The van der Waals surface area contributed by atoms with Crippen LogP contribution in [-0.2, 0) is 16.1 Å². The highest BCUT2D eigenvalue weighted by molar-refractivity contribution is 5.90. The van der Waals surface area contributed by atoms with Crippen molar-refractivity contribution in [3.05, 3.63) is 36.4 Å². The first-order valence-electron chi connectivity index (χ1n) is 13.2. The van der Waals surface area contributed by atoms with Crippen LogP contribution < -0.4 is 9.80 Å². The maximum Gasteiger partial charge on any atom is 0.414 e. The molecule has 0 spiro atoms. The van der Waals surface area contributed by atoms with Crippen LogP contribution in [0.5, 0.6) is 0 Å². The fourth-order valence-corrected chi connectivity index (χ4v) is 4.87. The van der Waals surface area contributed by atoms with E-state index >= 15 is 4.39 Å². The first kappa shape index (κ1) is 25.9. The van der Waals surface area contributed by atoms with Gasteiger partial charge in [-0.25, -0.2) is 13.9 Å². The third-order valence-electron chi connectivity index (χ3n) is 6.95. The molecule has 2 saturated heterocycles. The summed E-state index contributed by atoms with van der Waals surface area (Å²) in [5.41, 5.74) is 0.954. The molecule has 9 nitrogen and oxygen atoms in total. The molecule has 2 fully saturated rings. The Morgan fingerprint density at radius 3 is 2.53 bits per heavy atom. The summed E-state index contributed by atoms with van der Waals surface area (Å²) in [6, 6.07) is 4.83. The van der Waals surface area contributed by atoms with Crippen LogP contribution in [0.4, 0.5) is 20.6 Å². The van der Waals surface area contributed by atoms with Crippen molar-refractivity contribution in [1.82, 2.24) is 19.9 Å². The zero-order valence-corrected chi connectivity index (χ0v) is 21.1. The van der Waals surface area contributed by atoms with E-state index in [0.29, 0.717) is 57.1 Å². The molecule has 1 aromatic carbocycles. The van der Waals surface area contributed by atoms with Crippen molar-refractivity contribution in [2.45, 2.75) is 70.9 Å². The Kier molecular flexibility index (Phi) is 9.13. The molecule has 0 unspecified atom stereocenters. The van der Waals surface area contributed by atoms with Crippen molar-refractivity contribution in [1.29, 1.82) is 0 Å². The Hall–Kier alpha value is -3.17. The number of anilines is 2. The lowest BCUT2D eigenvalue weighted by Crippen LogP contribution is -2.49. The molecular weight excluding hydrogens is 463 g/mol. The van der Waals surface area contributed by atoms with E-state index in [9.17, 15) is 9.59 Å². The smallest absolute Gasteiger partial charge is 0.414 e. The summed E-state index contributed by atoms with van der Waals surface area (Å²) in [5.74, 6) is -0.185. The molecule has 4 rings (SSSR count). The van der Waals surface area contributed by atoms with Gasteiger partial charge in [-0.15, -0.1) is 5.10 Å². The second-order valence-corrected chi connectivity index (χ2v) is 9.62. The highest BCUT2D eigenvalue weighted by Crippen LogP contribution is 2.29. The lowest BCUT2D eigenvalue weighted by molar-refractivity contribution is -0.131. The predicted molar refractivity (Wildman–Crippen MR) is 135 cm³/mol. The van der Waals surface area contributed by atoms with E-state index in [1.54, 1.807) is 29.2 Å². The van der Waals surface area contributed by atoms with Gasteiger partial charge in [0.15, 0.2) is 0 Å². The minimum atomic E-state index is -0.500. The van der Waals surface area contributed by atoms with Gasteiger partial charge in [-0.3, -0.25) is 9.69 Å². The van der Waals surface area contributed by atoms with Crippen molar-refractivity contribution < 1.29 is 18.7 Å². The average molecular weight is 501 g/mol. The van der Waals surface area contributed by atoms with Crippen LogP contribution in [0.3, 0.4) is 0 Å². The molecule has 196 valence electrons. The molecular formula is C26H37FN6O3. The Morgan fingerprint density at radius 2 is 1.83 bits per heavy atom. The van der Waals surface area contributed by atoms with E-state index in [-0.39, 0.29) is 17.8 Å². The molecule has 2 aromatic rings. The van der Waals surface area contributed by atoms with Gasteiger partial charge >= 0.3 is 6.09 Å². The second kappa shape index (κ2) is 12.7. The zero-order valence-electron chi connectivity index (χ0n) is 21.1. The van der Waals surface area contributed by atoms with Gasteiger partial charge in [-0.1, -0.05) is 50.7 Å². The summed E-state index contributed by atoms with van der Waals surface area (Å²) in [6.07, 6.45) is 11.3. The zero-order chi connectivity index (χ0) is 25.3. The molecule has 1 aromatic heterocycles. The third kappa shape index (κ3) is 6.73. The summed E-state index contributed by atoms with van der Waals surface area (Å²) in [5, 5.41) is 7.64. The summed E-state index contributed by atoms with van der Waals surface area (Å²) in [4.78, 5) is 30.2. The first-order chi connectivity index (χ1) is 17.5. The Balaban J connectivity index is 1.23. The van der Waals surface area contributed by atoms with Gasteiger partial charge in [0, 0.05) is 38.8 Å². The van der Waals surface area contributed by atoms with E-state index in [1.807, 2.05) is 9.80 Å². The second-order valence-electron chi connectivity index (χ2n) is 9.62. The highest BCUT2D eigenvalue weighted by atomic mass is 19.1. The number of rotatable bonds is 12. The van der Waals surface area contributed by atoms with Crippen molar-refractivity contribution in [3.8, 4) is 0 Å². The molecule has 0 radical (unpaired) electrons. The SMILES string of the molecule is CCCCCCCCCC(=O)N1CCN(c2ccc(N3C[C@H](Cn4ccnn4)OC3=O)cc2F)CC1. The topological polar surface area (TPSA) is 83.8 Å². The largest absolute Gasteiger partial charge is 0.442 e. The van der Waals surface area contributed by atoms with Gasteiger partial charge in [0.2, 0.25) is 5.91 Å². The molecule has 2 amide bonds. The number of benzene rings is 1. The lowest BCUT2D eigenvalue weighted by Gasteiger charge is -2.36. The van der Waals surface area contributed by atoms with Crippen LogP contribution in [0.1, 0.15) is 58.3 Å². The Morgan fingerprint density at radius 1 is 1.08 bits per heavy atom. The number of hydrogen-bond donors (Lipinski definition) is 0. The summed E-state index contributed by atoms with van der Waals surface area (Å²) in [7, 11) is 0. The number of aromatic nitrogens is 3. The van der Waals surface area contributed by atoms with Crippen LogP contribution in [-0.4, -0.2) is 70.7 Å². The molecule has 0 saturated carbocycles. The fourth-order valence-electron chi connectivity index (χ4n) is 4.87. The van der Waals surface area contributed by atoms with Gasteiger partial charge < -0.3 is 14.5 Å². The van der Waals surface area contributed by atoms with Crippen LogP contribution >= 0.6 is 0 Å². The third-order valence-corrected chi connectivity index (χ3v) is 6.95. The van der Waals surface area contributed by atoms with E-state index in [1.165, 1.54) is 43.1 Å². The normalized spacial score (nSPS) is 18.1. The van der Waals surface area contributed by atoms with Crippen molar-refractivity contribution in [2.24, 2.45) is 0 Å². The summed E-state index contributed by atoms with van der Waals surface area (Å²) >= 11 is 0. The molecule has 3 heterocycles. The number of unbranched alkanes of at least 4 members (excludes halogenated alkanes) is 6. The van der Waals surface area contributed by atoms with Gasteiger partial charge in [0.25, 0.3) is 0 Å². The minimum absolute atomic E-state index is 0.201. The summed E-state index contributed by atoms with van der Waals surface area (Å²) < 4.78 is 22.1. The standard InChI is InChI=1S/C26H37FN6O3/c1-2-3-4-5-6-7-8-9-25(34)31-16-14-30(15-17-31)24-11-10-21(18-23(24)27)33-20-22(36-26(33)35)19-32-13-12-28-29-32/h10-13,18,22H,2-9,14-17,19-20H2,1H3/t22-/m0/s1. The summed E-state index contributed by atoms with van der Waals surface area (Å²) in [6.45, 7) is 5.29. The number of carbonyl (C=O) groups is 2. The molecule has 36 heavy (non-hydrogen) atoms. The molecule has 0 bridgehead atoms. The van der Waals surface area contributed by atoms with Crippen molar-refractivity contribution in [3.63, 3.8) is 0 Å². The van der Waals surface area contributed by atoms with Crippen molar-refractivity contribution >= 4 is 23.4 Å². The van der Waals surface area contributed by atoms with E-state index in [0.717, 1.165) is 12.8 Å². The molecule has 1 atom stereocenters. The first-order valence-corrected chi connectivity index (χ1v) is 13.2. The van der Waals surface area contributed by atoms with E-state index in [4.69, 9.17) is 4.74 Å². The number of amides is 2. The number of hydrogen-bond acceptors (Lipinski definition) is 6. The number of ether oxygens (including phenoxy) is 1. The monoisotopic (exact) mass is 500 g/mol. The minimum Gasteiger partial charge on any atom is -0.442 e. The molecule has 2 aliphatic heterocycles. The van der Waals surface area contributed by atoms with Crippen LogP contribution in [0.2, 0.25) is 0 Å². The number of carbonyl (C=O) groups excluding carboxylic acids is 2. The van der Waals surface area contributed by atoms with Crippen LogP contribution in [0.25, 0.3) is 0 Å². The maximum atomic E-state index is 15.1. The lowest BCUT2D eigenvalue weighted by atomic mass is 10.1. The number of piperazine rings is 1. The predicted octanol–water partition coefficient (Wildman–Crippen LogP) is 4.23. The number of cyclic esters (lactones) is 1.